The zero-order chi connectivity index (χ0) is 23.2. The number of benzene rings is 2. The van der Waals surface area contributed by atoms with Crippen LogP contribution in [0.1, 0.15) is 70.5 Å². The van der Waals surface area contributed by atoms with Crippen molar-refractivity contribution in [3.63, 3.8) is 0 Å². The van der Waals surface area contributed by atoms with E-state index in [-0.39, 0.29) is 24.5 Å². The second-order valence-electron chi connectivity index (χ2n) is 8.50. The molecule has 1 aliphatic rings. The van der Waals surface area contributed by atoms with Crippen LogP contribution in [-0.4, -0.2) is 39.8 Å². The maximum Gasteiger partial charge on any atom is 0.252 e. The number of hydrogen-bond donors (Lipinski definition) is 4. The van der Waals surface area contributed by atoms with Crippen molar-refractivity contribution in [1.82, 2.24) is 20.8 Å². The third-order valence-electron chi connectivity index (χ3n) is 6.29. The lowest BCUT2D eigenvalue weighted by atomic mass is 9.98. The van der Waals surface area contributed by atoms with E-state index in [1.54, 1.807) is 30.5 Å². The van der Waals surface area contributed by atoms with E-state index in [1.807, 2.05) is 31.3 Å². The predicted octanol–water partition coefficient (Wildman–Crippen LogP) is 3.77. The van der Waals surface area contributed by atoms with Gasteiger partial charge in [0.25, 0.3) is 11.8 Å². The van der Waals surface area contributed by atoms with E-state index < -0.39 is 6.04 Å². The van der Waals surface area contributed by atoms with Crippen LogP contribution in [0, 0.1) is 0 Å². The number of aromatic amines is 1. The molecule has 0 spiro atoms. The first-order valence-corrected chi connectivity index (χ1v) is 11.5. The fourth-order valence-corrected chi connectivity index (χ4v) is 4.40. The van der Waals surface area contributed by atoms with Gasteiger partial charge in [-0.25, -0.2) is 0 Å². The summed E-state index contributed by atoms with van der Waals surface area (Å²) in [4.78, 5) is 25.7. The van der Waals surface area contributed by atoms with Crippen LogP contribution in [0.4, 0.5) is 0 Å². The molecule has 3 aromatic rings. The number of aromatic nitrogens is 2. The highest BCUT2D eigenvalue weighted by atomic mass is 16.3. The van der Waals surface area contributed by atoms with Gasteiger partial charge < -0.3 is 15.7 Å². The Bertz CT molecular complexity index is 1100. The first kappa shape index (κ1) is 22.7. The molecule has 1 saturated carbocycles. The lowest BCUT2D eigenvalue weighted by molar-refractivity contribution is 0.0914. The number of H-pyrrole nitrogens is 1. The smallest absolute Gasteiger partial charge is 0.252 e. The summed E-state index contributed by atoms with van der Waals surface area (Å²) in [5.74, 6) is -0.375. The lowest BCUT2D eigenvalue weighted by Crippen LogP contribution is -2.33. The number of hydrogen-bond acceptors (Lipinski definition) is 4. The largest absolute Gasteiger partial charge is 0.394 e. The van der Waals surface area contributed by atoms with Gasteiger partial charge in [-0.2, -0.15) is 5.10 Å². The highest BCUT2D eigenvalue weighted by molar-refractivity contribution is 5.97. The number of aliphatic hydroxyl groups is 1. The van der Waals surface area contributed by atoms with Gasteiger partial charge in [-0.15, -0.1) is 0 Å². The summed E-state index contributed by atoms with van der Waals surface area (Å²) in [6.45, 7) is 1.73. The number of nitrogens with zero attached hydrogens (tertiary/aromatic N) is 1. The third kappa shape index (κ3) is 5.31. The topological polar surface area (TPSA) is 107 Å². The zero-order valence-corrected chi connectivity index (χ0v) is 18.8. The van der Waals surface area contributed by atoms with Gasteiger partial charge in [0.1, 0.15) is 0 Å². The van der Waals surface area contributed by atoms with Gasteiger partial charge >= 0.3 is 0 Å². The Balaban J connectivity index is 1.49. The Kier molecular flexibility index (Phi) is 7.19. The number of nitrogens with one attached hydrogen (secondary N) is 3. The van der Waals surface area contributed by atoms with E-state index in [2.05, 4.69) is 20.8 Å². The van der Waals surface area contributed by atoms with Crippen LogP contribution >= 0.6 is 0 Å². The van der Waals surface area contributed by atoms with Crippen LogP contribution in [0.2, 0.25) is 0 Å². The van der Waals surface area contributed by atoms with Gasteiger partial charge in [-0.1, -0.05) is 44.0 Å². The Morgan fingerprint density at radius 2 is 1.94 bits per heavy atom. The molecule has 1 atom stereocenters. The molecule has 0 bridgehead atoms. The van der Waals surface area contributed by atoms with E-state index in [9.17, 15) is 14.7 Å². The first-order chi connectivity index (χ1) is 16.1. The molecule has 2 aromatic carbocycles. The number of aliphatic hydroxyl groups excluding tert-OH is 1. The van der Waals surface area contributed by atoms with Gasteiger partial charge in [0.05, 0.1) is 18.8 Å². The molecule has 1 heterocycles. The standard InChI is InChI=1S/C26H30N4O3/c1-2-17-12-18(21-14-27-28-15-21)10-11-23(17)26(33)30-24(16-31)19-6-5-7-20(13-19)25(32)29-22-8-3-4-9-22/h5-7,10-15,22,24,31H,2-4,8-9,16H2,1H3,(H,27,28)(H,29,32)(H,30,33)/t24-/m1/s1. The van der Waals surface area contributed by atoms with Gasteiger partial charge in [0, 0.05) is 28.9 Å². The van der Waals surface area contributed by atoms with Crippen LogP contribution in [0.5, 0.6) is 0 Å². The van der Waals surface area contributed by atoms with Crippen molar-refractivity contribution in [2.45, 2.75) is 51.1 Å². The summed E-state index contributed by atoms with van der Waals surface area (Å²) in [5.41, 5.74) is 4.64. The van der Waals surface area contributed by atoms with E-state index in [4.69, 9.17) is 0 Å². The number of carbonyl (C=O) groups excluding carboxylic acids is 2. The van der Waals surface area contributed by atoms with E-state index in [0.29, 0.717) is 23.1 Å². The van der Waals surface area contributed by atoms with Gasteiger partial charge in [0.15, 0.2) is 0 Å². The van der Waals surface area contributed by atoms with Gasteiger partial charge in [-0.05, 0) is 54.2 Å². The number of rotatable bonds is 8. The van der Waals surface area contributed by atoms with E-state index in [1.165, 1.54) is 0 Å². The first-order valence-electron chi connectivity index (χ1n) is 11.5. The minimum absolute atomic E-state index is 0.116. The average Bonchev–Trinajstić information content (AvgIpc) is 3.56. The number of carbonyl (C=O) groups is 2. The molecule has 0 radical (unpaired) electrons. The van der Waals surface area contributed by atoms with Crippen molar-refractivity contribution in [2.24, 2.45) is 0 Å². The van der Waals surface area contributed by atoms with Crippen molar-refractivity contribution >= 4 is 11.8 Å². The Hall–Kier alpha value is -3.45. The highest BCUT2D eigenvalue weighted by Crippen LogP contribution is 2.24. The second kappa shape index (κ2) is 10.4. The fourth-order valence-electron chi connectivity index (χ4n) is 4.40. The molecule has 33 heavy (non-hydrogen) atoms. The lowest BCUT2D eigenvalue weighted by Gasteiger charge is -2.19. The average molecular weight is 447 g/mol. The van der Waals surface area contributed by atoms with Gasteiger partial charge in [0.2, 0.25) is 0 Å². The van der Waals surface area contributed by atoms with Crippen molar-refractivity contribution in [2.75, 3.05) is 6.61 Å². The van der Waals surface area contributed by atoms with Crippen molar-refractivity contribution in [3.05, 3.63) is 77.1 Å². The SMILES string of the molecule is CCc1cc(-c2cn[nH]c2)ccc1C(=O)N[C@H](CO)c1cccc(C(=O)NC2CCCC2)c1. The zero-order valence-electron chi connectivity index (χ0n) is 18.8. The molecule has 7 heteroatoms. The molecule has 4 rings (SSSR count). The molecule has 2 amide bonds. The quantitative estimate of drug-likeness (QED) is 0.422. The second-order valence-corrected chi connectivity index (χ2v) is 8.50. The van der Waals surface area contributed by atoms with Crippen molar-refractivity contribution in [1.29, 1.82) is 0 Å². The molecule has 0 aliphatic heterocycles. The summed E-state index contributed by atoms with van der Waals surface area (Å²) in [6.07, 6.45) is 8.56. The molecule has 0 saturated heterocycles. The van der Waals surface area contributed by atoms with Crippen molar-refractivity contribution < 1.29 is 14.7 Å². The molecule has 4 N–H and O–H groups in total. The molecule has 1 aliphatic carbocycles. The third-order valence-corrected chi connectivity index (χ3v) is 6.29. The minimum atomic E-state index is -0.616. The summed E-state index contributed by atoms with van der Waals surface area (Å²) < 4.78 is 0. The normalized spacial score (nSPS) is 14.7. The Morgan fingerprint density at radius 3 is 2.64 bits per heavy atom. The predicted molar refractivity (Wildman–Crippen MR) is 127 cm³/mol. The summed E-state index contributed by atoms with van der Waals surface area (Å²) in [5, 5.41) is 22.8. The summed E-state index contributed by atoms with van der Waals surface area (Å²) in [6, 6.07) is 12.4. The monoisotopic (exact) mass is 446 g/mol. The van der Waals surface area contributed by atoms with Gasteiger partial charge in [-0.3, -0.25) is 14.7 Å². The number of aryl methyl sites for hydroxylation is 1. The molecular weight excluding hydrogens is 416 g/mol. The Labute approximate surface area is 193 Å². The molecular formula is C26H30N4O3. The summed E-state index contributed by atoms with van der Waals surface area (Å²) >= 11 is 0. The molecule has 172 valence electrons. The number of amides is 2. The summed E-state index contributed by atoms with van der Waals surface area (Å²) in [7, 11) is 0. The fraction of sp³-hybridized carbons (Fsp3) is 0.346. The maximum atomic E-state index is 13.1. The molecule has 7 nitrogen and oxygen atoms in total. The van der Waals surface area contributed by atoms with Crippen LogP contribution in [0.15, 0.2) is 54.9 Å². The highest BCUT2D eigenvalue weighted by Gasteiger charge is 2.21. The van der Waals surface area contributed by atoms with Crippen LogP contribution in [0.3, 0.4) is 0 Å². The van der Waals surface area contributed by atoms with Crippen LogP contribution < -0.4 is 10.6 Å². The molecule has 0 unspecified atom stereocenters. The molecule has 1 aromatic heterocycles. The van der Waals surface area contributed by atoms with E-state index >= 15 is 0 Å². The van der Waals surface area contributed by atoms with Crippen molar-refractivity contribution in [3.8, 4) is 11.1 Å². The molecule has 1 fully saturated rings. The van der Waals surface area contributed by atoms with Crippen LogP contribution in [0.25, 0.3) is 11.1 Å². The maximum absolute atomic E-state index is 13.1. The van der Waals surface area contributed by atoms with Crippen LogP contribution in [-0.2, 0) is 6.42 Å². The van der Waals surface area contributed by atoms with E-state index in [0.717, 1.165) is 42.4 Å². The Morgan fingerprint density at radius 1 is 1.12 bits per heavy atom. The minimum Gasteiger partial charge on any atom is -0.394 e.